The Bertz CT molecular complexity index is 900. The zero-order chi connectivity index (χ0) is 18.5. The third-order valence-electron chi connectivity index (χ3n) is 3.60. The zero-order valence-electron chi connectivity index (χ0n) is 14.5. The molecule has 3 aromatic rings. The van der Waals surface area contributed by atoms with Gasteiger partial charge >= 0.3 is 6.01 Å². The van der Waals surface area contributed by atoms with Crippen molar-refractivity contribution >= 4 is 11.9 Å². The second kappa shape index (κ2) is 7.56. The first-order valence-electron chi connectivity index (χ1n) is 7.66. The summed E-state index contributed by atoms with van der Waals surface area (Å²) in [6, 6.07) is 12.0. The number of carbonyl (C=O) groups excluding carboxylic acids is 1. The highest BCUT2D eigenvalue weighted by molar-refractivity contribution is 6.05. The van der Waals surface area contributed by atoms with Crippen molar-refractivity contribution in [2.75, 3.05) is 26.6 Å². The monoisotopic (exact) mass is 355 g/mol. The summed E-state index contributed by atoms with van der Waals surface area (Å²) in [6.45, 7) is 0. The second-order valence-corrected chi connectivity index (χ2v) is 5.17. The summed E-state index contributed by atoms with van der Waals surface area (Å²) in [4.78, 5) is 12.4. The Morgan fingerprint density at radius 3 is 2.31 bits per heavy atom. The molecule has 1 aromatic heterocycles. The molecule has 26 heavy (non-hydrogen) atoms. The number of hydrogen-bond donors (Lipinski definition) is 1. The van der Waals surface area contributed by atoms with Crippen LogP contribution >= 0.6 is 0 Å². The van der Waals surface area contributed by atoms with Crippen LogP contribution in [0.2, 0.25) is 0 Å². The van der Waals surface area contributed by atoms with E-state index >= 15 is 0 Å². The highest BCUT2D eigenvalue weighted by Gasteiger charge is 2.16. The summed E-state index contributed by atoms with van der Waals surface area (Å²) < 4.78 is 21.1. The van der Waals surface area contributed by atoms with E-state index in [1.54, 1.807) is 56.7 Å². The summed E-state index contributed by atoms with van der Waals surface area (Å²) >= 11 is 0. The number of ether oxygens (including phenoxy) is 3. The molecule has 2 aromatic carbocycles. The molecule has 8 nitrogen and oxygen atoms in total. The van der Waals surface area contributed by atoms with Crippen LogP contribution in [0.25, 0.3) is 11.5 Å². The Morgan fingerprint density at radius 2 is 1.65 bits per heavy atom. The molecule has 1 amide bonds. The van der Waals surface area contributed by atoms with Gasteiger partial charge in [-0.25, -0.2) is 0 Å². The van der Waals surface area contributed by atoms with Crippen molar-refractivity contribution in [1.29, 1.82) is 0 Å². The Morgan fingerprint density at radius 1 is 0.962 bits per heavy atom. The number of benzene rings is 2. The fraction of sp³-hybridized carbons (Fsp3) is 0.167. The molecular weight excluding hydrogens is 338 g/mol. The number of carbonyl (C=O) groups is 1. The minimum atomic E-state index is -0.416. The first-order valence-corrected chi connectivity index (χ1v) is 7.66. The molecule has 0 radical (unpaired) electrons. The Hall–Kier alpha value is -3.55. The number of anilines is 1. The minimum absolute atomic E-state index is 0.0299. The van der Waals surface area contributed by atoms with Crippen molar-refractivity contribution in [3.8, 4) is 28.7 Å². The third kappa shape index (κ3) is 3.59. The average molecular weight is 355 g/mol. The summed E-state index contributed by atoms with van der Waals surface area (Å²) in [5.74, 6) is 1.41. The van der Waals surface area contributed by atoms with Crippen molar-refractivity contribution in [2.45, 2.75) is 0 Å². The summed E-state index contributed by atoms with van der Waals surface area (Å²) in [6.07, 6.45) is 0. The van der Waals surface area contributed by atoms with Gasteiger partial charge in [0.2, 0.25) is 5.89 Å². The summed E-state index contributed by atoms with van der Waals surface area (Å²) in [5, 5.41) is 10.4. The van der Waals surface area contributed by atoms with Gasteiger partial charge in [0, 0.05) is 11.6 Å². The highest BCUT2D eigenvalue weighted by atomic mass is 16.5. The van der Waals surface area contributed by atoms with Gasteiger partial charge in [-0.1, -0.05) is 17.2 Å². The Labute approximate surface area is 149 Å². The van der Waals surface area contributed by atoms with Crippen LogP contribution < -0.4 is 19.5 Å². The van der Waals surface area contributed by atoms with Gasteiger partial charge in [-0.3, -0.25) is 10.1 Å². The van der Waals surface area contributed by atoms with Crippen LogP contribution in [0.4, 0.5) is 6.01 Å². The molecule has 0 atom stereocenters. The van der Waals surface area contributed by atoms with Crippen molar-refractivity contribution in [3.63, 3.8) is 0 Å². The molecule has 0 bridgehead atoms. The van der Waals surface area contributed by atoms with Gasteiger partial charge < -0.3 is 18.6 Å². The summed E-state index contributed by atoms with van der Waals surface area (Å²) in [5.41, 5.74) is 0.962. The van der Waals surface area contributed by atoms with Crippen LogP contribution in [-0.4, -0.2) is 37.4 Å². The van der Waals surface area contributed by atoms with Crippen LogP contribution in [0, 0.1) is 0 Å². The maximum atomic E-state index is 12.4. The predicted octanol–water partition coefficient (Wildman–Crippen LogP) is 3.01. The Kier molecular flexibility index (Phi) is 5.02. The molecule has 0 saturated heterocycles. The molecule has 0 saturated carbocycles. The van der Waals surface area contributed by atoms with E-state index in [2.05, 4.69) is 15.5 Å². The predicted molar refractivity (Wildman–Crippen MR) is 93.8 cm³/mol. The normalized spacial score (nSPS) is 10.3. The Balaban J connectivity index is 1.83. The van der Waals surface area contributed by atoms with Gasteiger partial charge in [0.05, 0.1) is 26.9 Å². The lowest BCUT2D eigenvalue weighted by Gasteiger charge is -2.06. The van der Waals surface area contributed by atoms with E-state index in [1.807, 2.05) is 0 Å². The van der Waals surface area contributed by atoms with Crippen molar-refractivity contribution in [2.24, 2.45) is 0 Å². The standard InChI is InChI=1S/C18H17N3O5/c1-23-12-8-11(9-13(10-12)24-2)17-20-21-18(26-17)19-16(22)14-6-4-5-7-15(14)25-3/h4-10H,1-3H3,(H,19,21,22). The number of nitrogens with zero attached hydrogens (tertiary/aromatic N) is 2. The average Bonchev–Trinajstić information content (AvgIpc) is 3.15. The van der Waals surface area contributed by atoms with Gasteiger partial charge in [0.1, 0.15) is 17.2 Å². The number of nitrogens with one attached hydrogen (secondary N) is 1. The molecule has 8 heteroatoms. The number of methoxy groups -OCH3 is 3. The zero-order valence-corrected chi connectivity index (χ0v) is 14.5. The highest BCUT2D eigenvalue weighted by Crippen LogP contribution is 2.29. The van der Waals surface area contributed by atoms with E-state index in [0.29, 0.717) is 28.4 Å². The van der Waals surface area contributed by atoms with E-state index in [0.717, 1.165) is 0 Å². The summed E-state index contributed by atoms with van der Waals surface area (Å²) in [7, 11) is 4.59. The van der Waals surface area contributed by atoms with E-state index in [-0.39, 0.29) is 11.9 Å². The maximum absolute atomic E-state index is 12.4. The lowest BCUT2D eigenvalue weighted by atomic mass is 10.2. The topological polar surface area (TPSA) is 95.7 Å². The minimum Gasteiger partial charge on any atom is -0.497 e. The van der Waals surface area contributed by atoms with E-state index < -0.39 is 5.91 Å². The van der Waals surface area contributed by atoms with Crippen LogP contribution in [0.15, 0.2) is 46.9 Å². The largest absolute Gasteiger partial charge is 0.497 e. The number of rotatable bonds is 6. The van der Waals surface area contributed by atoms with Crippen LogP contribution in [-0.2, 0) is 0 Å². The number of para-hydroxylation sites is 1. The SMILES string of the molecule is COc1cc(OC)cc(-c2nnc(NC(=O)c3ccccc3OC)o2)c1. The quantitative estimate of drug-likeness (QED) is 0.726. The van der Waals surface area contributed by atoms with Gasteiger partial charge in [0.25, 0.3) is 5.91 Å². The first-order chi connectivity index (χ1) is 12.6. The fourth-order valence-electron chi connectivity index (χ4n) is 2.32. The van der Waals surface area contributed by atoms with Crippen molar-refractivity contribution in [1.82, 2.24) is 10.2 Å². The van der Waals surface area contributed by atoms with Crippen LogP contribution in [0.1, 0.15) is 10.4 Å². The van der Waals surface area contributed by atoms with Crippen molar-refractivity contribution in [3.05, 3.63) is 48.0 Å². The number of amides is 1. The molecule has 1 heterocycles. The molecule has 134 valence electrons. The first kappa shape index (κ1) is 17.3. The van der Waals surface area contributed by atoms with Gasteiger partial charge in [-0.2, -0.15) is 0 Å². The number of hydrogen-bond acceptors (Lipinski definition) is 7. The molecule has 3 rings (SSSR count). The van der Waals surface area contributed by atoms with E-state index in [1.165, 1.54) is 7.11 Å². The van der Waals surface area contributed by atoms with Gasteiger partial charge in [0.15, 0.2) is 0 Å². The van der Waals surface area contributed by atoms with Gasteiger partial charge in [-0.05, 0) is 24.3 Å². The second-order valence-electron chi connectivity index (χ2n) is 5.17. The molecule has 0 spiro atoms. The fourth-order valence-corrected chi connectivity index (χ4v) is 2.32. The lowest BCUT2D eigenvalue weighted by Crippen LogP contribution is -2.13. The molecule has 0 aliphatic heterocycles. The molecule has 0 aliphatic carbocycles. The van der Waals surface area contributed by atoms with Gasteiger partial charge in [-0.15, -0.1) is 5.10 Å². The number of aromatic nitrogens is 2. The van der Waals surface area contributed by atoms with Crippen LogP contribution in [0.5, 0.6) is 17.2 Å². The molecule has 0 fully saturated rings. The molecule has 0 aliphatic rings. The maximum Gasteiger partial charge on any atom is 0.322 e. The third-order valence-corrected chi connectivity index (χ3v) is 3.60. The van der Waals surface area contributed by atoms with E-state index in [4.69, 9.17) is 18.6 Å². The molecule has 0 unspecified atom stereocenters. The van der Waals surface area contributed by atoms with Crippen LogP contribution in [0.3, 0.4) is 0 Å². The molecular formula is C18H17N3O5. The lowest BCUT2D eigenvalue weighted by molar-refractivity contribution is 0.102. The molecule has 1 N–H and O–H groups in total. The van der Waals surface area contributed by atoms with Crippen molar-refractivity contribution < 1.29 is 23.4 Å². The van der Waals surface area contributed by atoms with E-state index in [9.17, 15) is 4.79 Å². The smallest absolute Gasteiger partial charge is 0.322 e.